The van der Waals surface area contributed by atoms with Gasteiger partial charge in [0, 0.05) is 36.2 Å². The summed E-state index contributed by atoms with van der Waals surface area (Å²) in [4.78, 5) is 8.21. The third kappa shape index (κ3) is 3.69. The fourth-order valence-corrected chi connectivity index (χ4v) is 6.82. The van der Waals surface area contributed by atoms with Gasteiger partial charge in [-0.25, -0.2) is 0 Å². The van der Waals surface area contributed by atoms with Gasteiger partial charge < -0.3 is 4.74 Å². The lowest BCUT2D eigenvalue weighted by molar-refractivity contribution is 0.0758. The molecule has 3 nitrogen and oxygen atoms in total. The molecule has 3 heteroatoms. The minimum atomic E-state index is 0.298. The van der Waals surface area contributed by atoms with Crippen LogP contribution < -0.4 is 4.74 Å². The molecule has 4 bridgehead atoms. The van der Waals surface area contributed by atoms with Crippen molar-refractivity contribution in [2.45, 2.75) is 31.3 Å². The van der Waals surface area contributed by atoms with Crippen molar-refractivity contribution >= 4 is 5.71 Å². The molecule has 168 valence electrons. The van der Waals surface area contributed by atoms with Gasteiger partial charge in [0.1, 0.15) is 5.75 Å². The first-order valence-electron chi connectivity index (χ1n) is 12.3. The third-order valence-electron chi connectivity index (χ3n) is 8.16. The highest BCUT2D eigenvalue weighted by molar-refractivity contribution is 5.95. The summed E-state index contributed by atoms with van der Waals surface area (Å²) in [6.45, 7) is 3.13. The average Bonchev–Trinajstić information content (AvgIpc) is 3.17. The van der Waals surface area contributed by atoms with Crippen molar-refractivity contribution in [3.63, 3.8) is 0 Å². The molecule has 3 unspecified atom stereocenters. The quantitative estimate of drug-likeness (QED) is 0.487. The molecule has 0 radical (unpaired) electrons. The van der Waals surface area contributed by atoms with Gasteiger partial charge in [0.2, 0.25) is 0 Å². The Hall–Kier alpha value is -2.91. The van der Waals surface area contributed by atoms with Gasteiger partial charge in [-0.05, 0) is 41.9 Å². The SMILES string of the molecule is COc1ccccc1CN=C1C2[C@@H]3CC[C@H]2CN(C3)C1C(c1ccccc1)c1ccccc1. The molecule has 0 spiro atoms. The number of aliphatic imine (C=N–C) groups is 1. The van der Waals surface area contributed by atoms with Gasteiger partial charge in [0.15, 0.2) is 0 Å². The lowest BCUT2D eigenvalue weighted by Crippen LogP contribution is -2.62. The fraction of sp³-hybridized carbons (Fsp3) is 0.367. The van der Waals surface area contributed by atoms with Gasteiger partial charge in [-0.1, -0.05) is 78.9 Å². The molecular weight excluding hydrogens is 404 g/mol. The minimum Gasteiger partial charge on any atom is -0.496 e. The van der Waals surface area contributed by atoms with Gasteiger partial charge in [-0.2, -0.15) is 0 Å². The maximum Gasteiger partial charge on any atom is 0.123 e. The summed E-state index contributed by atoms with van der Waals surface area (Å²) in [5.41, 5.74) is 5.38. The zero-order valence-electron chi connectivity index (χ0n) is 19.3. The number of para-hydroxylation sites is 1. The van der Waals surface area contributed by atoms with Gasteiger partial charge in [-0.15, -0.1) is 0 Å². The number of methoxy groups -OCH3 is 1. The summed E-state index contributed by atoms with van der Waals surface area (Å²) < 4.78 is 5.64. The van der Waals surface area contributed by atoms with E-state index in [-0.39, 0.29) is 0 Å². The van der Waals surface area contributed by atoms with Crippen LogP contribution in [0.1, 0.15) is 35.4 Å². The van der Waals surface area contributed by atoms with E-state index in [0.29, 0.717) is 24.4 Å². The van der Waals surface area contributed by atoms with E-state index in [2.05, 4.69) is 77.7 Å². The lowest BCUT2D eigenvalue weighted by Gasteiger charge is -2.53. The number of hydrogen-bond acceptors (Lipinski definition) is 3. The minimum absolute atomic E-state index is 0.298. The molecule has 1 saturated carbocycles. The summed E-state index contributed by atoms with van der Waals surface area (Å²) in [5, 5.41) is 0. The lowest BCUT2D eigenvalue weighted by atomic mass is 9.68. The molecular formula is C30H32N2O. The van der Waals surface area contributed by atoms with Gasteiger partial charge in [0.05, 0.1) is 19.7 Å². The number of benzene rings is 3. The molecule has 3 saturated heterocycles. The first kappa shape index (κ1) is 20.7. The van der Waals surface area contributed by atoms with Crippen molar-refractivity contribution < 1.29 is 4.74 Å². The van der Waals surface area contributed by atoms with Crippen LogP contribution in [-0.4, -0.2) is 36.9 Å². The molecule has 3 aromatic rings. The van der Waals surface area contributed by atoms with Gasteiger partial charge >= 0.3 is 0 Å². The van der Waals surface area contributed by atoms with Crippen LogP contribution in [0.4, 0.5) is 0 Å². The van der Waals surface area contributed by atoms with Crippen molar-refractivity contribution in [1.29, 1.82) is 0 Å². The Morgan fingerprint density at radius 3 is 2.00 bits per heavy atom. The normalized spacial score (nSPS) is 29.0. The van der Waals surface area contributed by atoms with E-state index in [1.807, 2.05) is 12.1 Å². The molecule has 0 N–H and O–H groups in total. The molecule has 3 aliphatic heterocycles. The maximum atomic E-state index is 5.64. The van der Waals surface area contributed by atoms with E-state index < -0.39 is 0 Å². The van der Waals surface area contributed by atoms with Crippen molar-refractivity contribution in [2.24, 2.45) is 22.7 Å². The number of nitrogens with zero attached hydrogens (tertiary/aromatic N) is 2. The average molecular weight is 437 g/mol. The second-order valence-corrected chi connectivity index (χ2v) is 9.87. The number of hydrogen-bond donors (Lipinski definition) is 0. The van der Waals surface area contributed by atoms with Crippen LogP contribution in [0.5, 0.6) is 5.75 Å². The Balaban J connectivity index is 1.45. The Morgan fingerprint density at radius 2 is 1.39 bits per heavy atom. The summed E-state index contributed by atoms with van der Waals surface area (Å²) >= 11 is 0. The molecule has 5 atom stereocenters. The molecule has 7 rings (SSSR count). The highest BCUT2D eigenvalue weighted by Crippen LogP contribution is 2.51. The standard InChI is InChI=1S/C30H32N2O/c1-33-26-15-9-8-14-23(26)18-31-29-27-24-16-17-25(27)20-32(19-24)30(29)28(21-10-4-2-5-11-21)22-12-6-3-7-13-22/h2-15,24-25,27-28,30H,16-20H2,1H3/t24-,25+,27?,30?. The molecule has 4 aliphatic rings. The van der Waals surface area contributed by atoms with Crippen LogP contribution >= 0.6 is 0 Å². The summed E-state index contributed by atoms with van der Waals surface area (Å²) in [6.07, 6.45) is 2.71. The van der Waals surface area contributed by atoms with Crippen LogP contribution in [0.15, 0.2) is 89.9 Å². The zero-order chi connectivity index (χ0) is 22.2. The number of fused-ring (bicyclic) bond motifs is 1. The Bertz CT molecular complexity index is 1070. The predicted octanol–water partition coefficient (Wildman–Crippen LogP) is 5.81. The van der Waals surface area contributed by atoms with E-state index in [9.17, 15) is 0 Å². The van der Waals surface area contributed by atoms with E-state index in [0.717, 1.165) is 17.6 Å². The first-order valence-corrected chi connectivity index (χ1v) is 12.3. The number of rotatable bonds is 6. The topological polar surface area (TPSA) is 24.8 Å². The highest BCUT2D eigenvalue weighted by Gasteiger charge is 2.55. The van der Waals surface area contributed by atoms with Crippen molar-refractivity contribution in [3.8, 4) is 5.75 Å². The summed E-state index contributed by atoms with van der Waals surface area (Å²) in [6, 6.07) is 30.8. The Kier molecular flexibility index (Phi) is 5.51. The third-order valence-corrected chi connectivity index (χ3v) is 8.16. The Labute approximate surface area is 197 Å². The molecule has 3 aromatic carbocycles. The summed E-state index contributed by atoms with van der Waals surface area (Å²) in [7, 11) is 1.75. The van der Waals surface area contributed by atoms with Crippen LogP contribution in [-0.2, 0) is 6.54 Å². The monoisotopic (exact) mass is 436 g/mol. The van der Waals surface area contributed by atoms with Crippen molar-refractivity contribution in [2.75, 3.05) is 20.2 Å². The molecule has 1 aliphatic carbocycles. The number of piperidine rings is 3. The highest BCUT2D eigenvalue weighted by atomic mass is 16.5. The summed E-state index contributed by atoms with van der Waals surface area (Å²) in [5.74, 6) is 3.40. The van der Waals surface area contributed by atoms with Gasteiger partial charge in [0.25, 0.3) is 0 Å². The van der Waals surface area contributed by atoms with Crippen LogP contribution in [0.2, 0.25) is 0 Å². The van der Waals surface area contributed by atoms with E-state index in [1.165, 1.54) is 48.3 Å². The maximum absolute atomic E-state index is 5.64. The molecule has 3 heterocycles. The zero-order valence-corrected chi connectivity index (χ0v) is 19.3. The molecule has 0 aromatic heterocycles. The Morgan fingerprint density at radius 1 is 0.818 bits per heavy atom. The van der Waals surface area contributed by atoms with Crippen molar-refractivity contribution in [3.05, 3.63) is 102 Å². The fourth-order valence-electron chi connectivity index (χ4n) is 6.82. The molecule has 33 heavy (non-hydrogen) atoms. The largest absolute Gasteiger partial charge is 0.496 e. The smallest absolute Gasteiger partial charge is 0.123 e. The van der Waals surface area contributed by atoms with E-state index in [4.69, 9.17) is 9.73 Å². The molecule has 0 amide bonds. The predicted molar refractivity (Wildman–Crippen MR) is 134 cm³/mol. The van der Waals surface area contributed by atoms with Crippen molar-refractivity contribution in [1.82, 2.24) is 4.90 Å². The van der Waals surface area contributed by atoms with Gasteiger partial charge in [-0.3, -0.25) is 9.89 Å². The number of ether oxygens (including phenoxy) is 1. The van der Waals surface area contributed by atoms with Crippen LogP contribution in [0.25, 0.3) is 0 Å². The van der Waals surface area contributed by atoms with E-state index in [1.54, 1.807) is 7.11 Å². The first-order chi connectivity index (χ1) is 16.3. The second kappa shape index (κ2) is 8.79. The van der Waals surface area contributed by atoms with E-state index >= 15 is 0 Å². The van der Waals surface area contributed by atoms with Crippen LogP contribution in [0.3, 0.4) is 0 Å². The van der Waals surface area contributed by atoms with Crippen LogP contribution in [0, 0.1) is 17.8 Å². The second-order valence-electron chi connectivity index (χ2n) is 9.87. The molecule has 4 fully saturated rings.